The van der Waals surface area contributed by atoms with Crippen molar-refractivity contribution in [1.82, 2.24) is 4.98 Å². The van der Waals surface area contributed by atoms with Crippen molar-refractivity contribution in [2.75, 3.05) is 0 Å². The molecule has 1 unspecified atom stereocenters. The molecule has 1 heterocycles. The van der Waals surface area contributed by atoms with Crippen molar-refractivity contribution < 1.29 is 27.8 Å². The van der Waals surface area contributed by atoms with E-state index in [4.69, 9.17) is 5.73 Å². The quantitative estimate of drug-likeness (QED) is 0.879. The molecule has 0 saturated carbocycles. The van der Waals surface area contributed by atoms with Crippen molar-refractivity contribution in [2.24, 2.45) is 5.73 Å². The van der Waals surface area contributed by atoms with Gasteiger partial charge in [0, 0.05) is 5.41 Å². The molecule has 8 heteroatoms. The number of hydrogen-bond acceptors (Lipinski definition) is 4. The third-order valence-electron chi connectivity index (χ3n) is 3.90. The average molecular weight is 354 g/mol. The van der Waals surface area contributed by atoms with Crippen LogP contribution in [0.2, 0.25) is 0 Å². The minimum Gasteiger partial charge on any atom is -0.409 e. The number of primary amides is 1. The largest absolute Gasteiger partial charge is 0.416 e. The van der Waals surface area contributed by atoms with Gasteiger partial charge in [0.25, 0.3) is 0 Å². The van der Waals surface area contributed by atoms with Gasteiger partial charge in [-0.3, -0.25) is 4.98 Å². The first-order valence-electron chi connectivity index (χ1n) is 7.31. The number of halogens is 3. The Morgan fingerprint density at radius 1 is 1.12 bits per heavy atom. The molecular formula is C17H17F3N2O3. The van der Waals surface area contributed by atoms with E-state index in [1.165, 1.54) is 30.5 Å². The number of carbonyl (C=O) groups is 1. The second-order valence-electron chi connectivity index (χ2n) is 6.04. The summed E-state index contributed by atoms with van der Waals surface area (Å²) < 4.78 is 42.6. The van der Waals surface area contributed by atoms with Gasteiger partial charge in [0.2, 0.25) is 0 Å². The second-order valence-corrected chi connectivity index (χ2v) is 6.04. The van der Waals surface area contributed by atoms with E-state index < -0.39 is 29.4 Å². The van der Waals surface area contributed by atoms with Crippen LogP contribution in [0.15, 0.2) is 42.6 Å². The molecule has 0 spiro atoms. The summed E-state index contributed by atoms with van der Waals surface area (Å²) in [4.78, 5) is 14.7. The summed E-state index contributed by atoms with van der Waals surface area (Å²) in [5, 5.41) is 10.6. The van der Waals surface area contributed by atoms with E-state index in [2.05, 4.69) is 9.72 Å². The normalized spacial score (nSPS) is 13.4. The molecule has 0 fully saturated rings. The fourth-order valence-corrected chi connectivity index (χ4v) is 2.35. The van der Waals surface area contributed by atoms with Gasteiger partial charge in [-0.05, 0) is 29.8 Å². The topological polar surface area (TPSA) is 85.4 Å². The maximum absolute atomic E-state index is 12.7. The third kappa shape index (κ3) is 4.27. The SMILES string of the molecule is CC(C)(c1ccc(C(F)(F)F)cc1)C(O)c1ccc(OC(N)=O)cn1. The van der Waals surface area contributed by atoms with Crippen LogP contribution in [0.1, 0.15) is 36.8 Å². The van der Waals surface area contributed by atoms with Crippen LogP contribution < -0.4 is 10.5 Å². The molecule has 0 radical (unpaired) electrons. The second kappa shape index (κ2) is 6.72. The van der Waals surface area contributed by atoms with Crippen molar-refractivity contribution in [2.45, 2.75) is 31.5 Å². The zero-order chi connectivity index (χ0) is 18.8. The lowest BCUT2D eigenvalue weighted by molar-refractivity contribution is -0.137. The molecule has 2 rings (SSSR count). The number of aromatic nitrogens is 1. The van der Waals surface area contributed by atoms with Gasteiger partial charge in [-0.2, -0.15) is 13.2 Å². The molecule has 134 valence electrons. The van der Waals surface area contributed by atoms with E-state index in [0.717, 1.165) is 12.1 Å². The minimum absolute atomic E-state index is 0.121. The maximum atomic E-state index is 12.7. The number of hydrogen-bond donors (Lipinski definition) is 2. The van der Waals surface area contributed by atoms with Crippen LogP contribution in [-0.2, 0) is 11.6 Å². The number of aliphatic hydroxyl groups is 1. The Balaban J connectivity index is 2.24. The van der Waals surface area contributed by atoms with Gasteiger partial charge in [-0.15, -0.1) is 0 Å². The fourth-order valence-electron chi connectivity index (χ4n) is 2.35. The highest BCUT2D eigenvalue weighted by molar-refractivity contribution is 5.67. The third-order valence-corrected chi connectivity index (χ3v) is 3.90. The number of alkyl halides is 3. The molecule has 2 aromatic rings. The summed E-state index contributed by atoms with van der Waals surface area (Å²) in [5.74, 6) is 0.121. The Morgan fingerprint density at radius 3 is 2.12 bits per heavy atom. The number of carbonyl (C=O) groups excluding carboxylic acids is 1. The average Bonchev–Trinajstić information content (AvgIpc) is 2.53. The monoisotopic (exact) mass is 354 g/mol. The highest BCUT2D eigenvalue weighted by Gasteiger charge is 2.34. The number of nitrogens with zero attached hydrogens (tertiary/aromatic N) is 1. The molecule has 5 nitrogen and oxygen atoms in total. The van der Waals surface area contributed by atoms with Gasteiger partial charge in [-0.1, -0.05) is 26.0 Å². The Hall–Kier alpha value is -2.61. The maximum Gasteiger partial charge on any atom is 0.416 e. The highest BCUT2D eigenvalue weighted by Crippen LogP contribution is 2.38. The lowest BCUT2D eigenvalue weighted by atomic mass is 9.77. The number of benzene rings is 1. The number of aliphatic hydroxyl groups excluding tert-OH is 1. The van der Waals surface area contributed by atoms with Crippen molar-refractivity contribution in [3.05, 3.63) is 59.4 Å². The predicted molar refractivity (Wildman–Crippen MR) is 83.9 cm³/mol. The highest BCUT2D eigenvalue weighted by atomic mass is 19.4. The number of amides is 1. The van der Waals surface area contributed by atoms with Crippen molar-refractivity contribution in [3.63, 3.8) is 0 Å². The number of rotatable bonds is 4. The summed E-state index contributed by atoms with van der Waals surface area (Å²) in [5.41, 5.74) is 4.04. The smallest absolute Gasteiger partial charge is 0.409 e. The molecule has 1 aromatic heterocycles. The van der Waals surface area contributed by atoms with Crippen LogP contribution in [-0.4, -0.2) is 16.2 Å². The van der Waals surface area contributed by atoms with E-state index in [0.29, 0.717) is 5.56 Å². The Morgan fingerprint density at radius 2 is 1.68 bits per heavy atom. The summed E-state index contributed by atoms with van der Waals surface area (Å²) in [6, 6.07) is 7.48. The molecule has 0 aliphatic heterocycles. The molecule has 0 saturated heterocycles. The lowest BCUT2D eigenvalue weighted by Gasteiger charge is -2.31. The first kappa shape index (κ1) is 18.7. The van der Waals surface area contributed by atoms with Crippen LogP contribution >= 0.6 is 0 Å². The zero-order valence-corrected chi connectivity index (χ0v) is 13.5. The van der Waals surface area contributed by atoms with Crippen molar-refractivity contribution >= 4 is 6.09 Å². The van der Waals surface area contributed by atoms with Crippen molar-refractivity contribution in [1.29, 1.82) is 0 Å². The van der Waals surface area contributed by atoms with Gasteiger partial charge in [0.1, 0.15) is 6.10 Å². The Bertz CT molecular complexity index is 741. The van der Waals surface area contributed by atoms with Crippen LogP contribution in [0.4, 0.5) is 18.0 Å². The van der Waals surface area contributed by atoms with E-state index >= 15 is 0 Å². The zero-order valence-electron chi connectivity index (χ0n) is 13.5. The first-order chi connectivity index (χ1) is 11.5. The molecule has 0 aliphatic rings. The van der Waals surface area contributed by atoms with Crippen molar-refractivity contribution in [3.8, 4) is 5.75 Å². The van der Waals surface area contributed by atoms with Crippen LogP contribution in [0.3, 0.4) is 0 Å². The Labute approximate surface area is 142 Å². The van der Waals surface area contributed by atoms with E-state index in [1.807, 2.05) is 0 Å². The summed E-state index contributed by atoms with van der Waals surface area (Å²) in [7, 11) is 0. The lowest BCUT2D eigenvalue weighted by Crippen LogP contribution is -2.27. The number of ether oxygens (including phenoxy) is 1. The predicted octanol–water partition coefficient (Wildman–Crippen LogP) is 3.57. The molecule has 0 bridgehead atoms. The molecule has 0 aliphatic carbocycles. The van der Waals surface area contributed by atoms with E-state index in [1.54, 1.807) is 13.8 Å². The van der Waals surface area contributed by atoms with Gasteiger partial charge >= 0.3 is 12.3 Å². The summed E-state index contributed by atoms with van der Waals surface area (Å²) in [6.45, 7) is 3.38. The molecule has 1 aromatic carbocycles. The minimum atomic E-state index is -4.42. The van der Waals surface area contributed by atoms with Crippen LogP contribution in [0.25, 0.3) is 0 Å². The number of nitrogens with two attached hydrogens (primary N) is 1. The van der Waals surface area contributed by atoms with Gasteiger partial charge in [-0.25, -0.2) is 4.79 Å². The van der Waals surface area contributed by atoms with Gasteiger partial charge in [0.05, 0.1) is 17.5 Å². The molecule has 25 heavy (non-hydrogen) atoms. The van der Waals surface area contributed by atoms with E-state index in [-0.39, 0.29) is 11.4 Å². The first-order valence-corrected chi connectivity index (χ1v) is 7.31. The van der Waals surface area contributed by atoms with Gasteiger partial charge in [0.15, 0.2) is 5.75 Å². The molecule has 1 amide bonds. The Kier molecular flexibility index (Phi) is 5.03. The molecule has 1 atom stereocenters. The summed E-state index contributed by atoms with van der Waals surface area (Å²) in [6.07, 6.45) is -5.27. The molecule has 3 N–H and O–H groups in total. The number of pyridine rings is 1. The molecular weight excluding hydrogens is 337 g/mol. The standard InChI is InChI=1S/C17H17F3N2O3/c1-16(2,10-3-5-11(6-4-10)17(18,19)20)14(23)13-8-7-12(9-22-13)25-15(21)24/h3-9,14,23H,1-2H3,(H2,21,24). The van der Waals surface area contributed by atoms with Crippen LogP contribution in [0, 0.1) is 0 Å². The van der Waals surface area contributed by atoms with E-state index in [9.17, 15) is 23.1 Å². The fraction of sp³-hybridized carbons (Fsp3) is 0.294. The van der Waals surface area contributed by atoms with Crippen LogP contribution in [0.5, 0.6) is 5.75 Å². The van der Waals surface area contributed by atoms with Gasteiger partial charge < -0.3 is 15.6 Å². The summed E-state index contributed by atoms with van der Waals surface area (Å²) >= 11 is 0.